The molecule has 3 aromatic rings. The van der Waals surface area contributed by atoms with E-state index in [1.807, 2.05) is 30.3 Å². The van der Waals surface area contributed by atoms with Crippen LogP contribution in [0.15, 0.2) is 53.1 Å². The third-order valence-electron chi connectivity index (χ3n) is 4.92. The van der Waals surface area contributed by atoms with E-state index in [1.165, 1.54) is 0 Å². The van der Waals surface area contributed by atoms with Crippen LogP contribution in [0.4, 0.5) is 5.69 Å². The fraction of sp³-hybridized carbons (Fsp3) is 0.286. The molecule has 1 saturated heterocycles. The van der Waals surface area contributed by atoms with Gasteiger partial charge in [0, 0.05) is 22.8 Å². The van der Waals surface area contributed by atoms with Gasteiger partial charge in [0.1, 0.15) is 0 Å². The highest BCUT2D eigenvalue weighted by molar-refractivity contribution is 6.36. The molecule has 29 heavy (non-hydrogen) atoms. The number of benzene rings is 2. The van der Waals surface area contributed by atoms with Gasteiger partial charge in [-0.25, -0.2) is 0 Å². The molecule has 1 fully saturated rings. The Labute approximate surface area is 178 Å². The summed E-state index contributed by atoms with van der Waals surface area (Å²) in [6.07, 6.45) is 1.81. The highest BCUT2D eigenvalue weighted by Gasteiger charge is 2.27. The van der Waals surface area contributed by atoms with Gasteiger partial charge in [-0.3, -0.25) is 9.69 Å². The van der Waals surface area contributed by atoms with E-state index < -0.39 is 0 Å². The third-order valence-corrected chi connectivity index (χ3v) is 5.46. The fourth-order valence-corrected chi connectivity index (χ4v) is 3.96. The van der Waals surface area contributed by atoms with Crippen molar-refractivity contribution in [3.05, 3.63) is 64.5 Å². The van der Waals surface area contributed by atoms with Crippen molar-refractivity contribution < 1.29 is 9.32 Å². The Morgan fingerprint density at radius 2 is 2.03 bits per heavy atom. The SMILES string of the molecule is O=C(Nc1ccccc1)C1CCCN(Cc2nc(-c3ccc(Cl)cc3Cl)no2)C1. The normalized spacial score (nSPS) is 17.2. The molecule has 0 spiro atoms. The minimum atomic E-state index is -0.0722. The maximum atomic E-state index is 12.6. The summed E-state index contributed by atoms with van der Waals surface area (Å²) >= 11 is 12.2. The molecule has 1 amide bonds. The summed E-state index contributed by atoms with van der Waals surface area (Å²) in [5.41, 5.74) is 1.49. The highest BCUT2D eigenvalue weighted by Crippen LogP contribution is 2.29. The van der Waals surface area contributed by atoms with Crippen molar-refractivity contribution >= 4 is 34.8 Å². The van der Waals surface area contributed by atoms with Crippen LogP contribution in [0.2, 0.25) is 10.0 Å². The molecule has 4 rings (SSSR count). The summed E-state index contributed by atoms with van der Waals surface area (Å²) in [5, 5.41) is 8.05. The van der Waals surface area contributed by atoms with E-state index in [9.17, 15) is 4.79 Å². The number of nitrogens with zero attached hydrogens (tertiary/aromatic N) is 3. The first-order chi connectivity index (χ1) is 14.1. The zero-order chi connectivity index (χ0) is 20.2. The number of amides is 1. The zero-order valence-corrected chi connectivity index (χ0v) is 17.2. The van der Waals surface area contributed by atoms with Crippen molar-refractivity contribution in [1.29, 1.82) is 0 Å². The highest BCUT2D eigenvalue weighted by atomic mass is 35.5. The second kappa shape index (κ2) is 8.95. The third kappa shape index (κ3) is 4.96. The molecule has 6 nitrogen and oxygen atoms in total. The predicted octanol–water partition coefficient (Wildman–Crippen LogP) is 4.89. The molecule has 1 atom stereocenters. The molecule has 1 aromatic heterocycles. The number of carbonyl (C=O) groups excluding carboxylic acids is 1. The molecule has 1 unspecified atom stereocenters. The molecule has 0 bridgehead atoms. The van der Waals surface area contributed by atoms with Crippen molar-refractivity contribution in [1.82, 2.24) is 15.0 Å². The average molecular weight is 431 g/mol. The number of halogens is 2. The second-order valence-corrected chi connectivity index (χ2v) is 7.91. The molecule has 2 heterocycles. The molecular formula is C21H20Cl2N4O2. The Bertz CT molecular complexity index is 993. The molecule has 0 saturated carbocycles. The number of rotatable bonds is 5. The summed E-state index contributed by atoms with van der Waals surface area (Å²) in [6, 6.07) is 14.7. The molecule has 0 aliphatic carbocycles. The summed E-state index contributed by atoms with van der Waals surface area (Å²) < 4.78 is 5.40. The molecule has 1 N–H and O–H groups in total. The van der Waals surface area contributed by atoms with Gasteiger partial charge in [-0.1, -0.05) is 46.6 Å². The Morgan fingerprint density at radius 3 is 2.83 bits per heavy atom. The zero-order valence-electron chi connectivity index (χ0n) is 15.6. The van der Waals surface area contributed by atoms with Gasteiger partial charge in [-0.05, 0) is 49.7 Å². The van der Waals surface area contributed by atoms with Crippen LogP contribution in [0, 0.1) is 5.92 Å². The number of carbonyl (C=O) groups is 1. The first-order valence-corrected chi connectivity index (χ1v) is 10.2. The first-order valence-electron chi connectivity index (χ1n) is 9.45. The number of hydrogen-bond acceptors (Lipinski definition) is 5. The Hall–Kier alpha value is -2.41. The van der Waals surface area contributed by atoms with Gasteiger partial charge in [0.25, 0.3) is 0 Å². The van der Waals surface area contributed by atoms with E-state index in [-0.39, 0.29) is 11.8 Å². The lowest BCUT2D eigenvalue weighted by Gasteiger charge is -2.30. The number of nitrogens with one attached hydrogen (secondary N) is 1. The van der Waals surface area contributed by atoms with Crippen molar-refractivity contribution in [2.24, 2.45) is 5.92 Å². The van der Waals surface area contributed by atoms with Crippen LogP contribution >= 0.6 is 23.2 Å². The van der Waals surface area contributed by atoms with E-state index in [4.69, 9.17) is 27.7 Å². The maximum absolute atomic E-state index is 12.6. The van der Waals surface area contributed by atoms with Crippen molar-refractivity contribution in [2.45, 2.75) is 19.4 Å². The minimum absolute atomic E-state index is 0.0417. The van der Waals surface area contributed by atoms with Gasteiger partial charge in [0.05, 0.1) is 17.5 Å². The summed E-state index contributed by atoms with van der Waals surface area (Å²) in [5.74, 6) is 0.893. The van der Waals surface area contributed by atoms with Crippen molar-refractivity contribution in [3.8, 4) is 11.4 Å². The van der Waals surface area contributed by atoms with Crippen molar-refractivity contribution in [3.63, 3.8) is 0 Å². The molecule has 1 aliphatic heterocycles. The van der Waals surface area contributed by atoms with E-state index in [2.05, 4.69) is 20.4 Å². The maximum Gasteiger partial charge on any atom is 0.241 e. The molecule has 2 aromatic carbocycles. The van der Waals surface area contributed by atoms with Gasteiger partial charge >= 0.3 is 0 Å². The largest absolute Gasteiger partial charge is 0.338 e. The summed E-state index contributed by atoms with van der Waals surface area (Å²) in [6.45, 7) is 2.03. The number of aromatic nitrogens is 2. The van der Waals surface area contributed by atoms with Crippen LogP contribution in [0.1, 0.15) is 18.7 Å². The Kier molecular flexibility index (Phi) is 6.13. The van der Waals surface area contributed by atoms with Crippen LogP contribution in [0.3, 0.4) is 0 Å². The fourth-order valence-electron chi connectivity index (χ4n) is 3.47. The van der Waals surface area contributed by atoms with Gasteiger partial charge in [-0.2, -0.15) is 4.98 Å². The quantitative estimate of drug-likeness (QED) is 0.623. The number of anilines is 1. The van der Waals surface area contributed by atoms with Crippen LogP contribution in [0.5, 0.6) is 0 Å². The number of hydrogen-bond donors (Lipinski definition) is 1. The minimum Gasteiger partial charge on any atom is -0.338 e. The predicted molar refractivity (Wildman–Crippen MR) is 113 cm³/mol. The van der Waals surface area contributed by atoms with Crippen LogP contribution in [-0.4, -0.2) is 34.0 Å². The molecular weight excluding hydrogens is 411 g/mol. The van der Waals surface area contributed by atoms with E-state index in [1.54, 1.807) is 18.2 Å². The van der Waals surface area contributed by atoms with E-state index >= 15 is 0 Å². The lowest BCUT2D eigenvalue weighted by Crippen LogP contribution is -2.40. The molecule has 8 heteroatoms. The van der Waals surface area contributed by atoms with Crippen LogP contribution in [-0.2, 0) is 11.3 Å². The Morgan fingerprint density at radius 1 is 1.21 bits per heavy atom. The van der Waals surface area contributed by atoms with E-state index in [0.717, 1.165) is 25.1 Å². The lowest BCUT2D eigenvalue weighted by atomic mass is 9.97. The number of para-hydroxylation sites is 1. The van der Waals surface area contributed by atoms with Gasteiger partial charge < -0.3 is 9.84 Å². The monoisotopic (exact) mass is 430 g/mol. The summed E-state index contributed by atoms with van der Waals surface area (Å²) in [4.78, 5) is 19.2. The first kappa shape index (κ1) is 19.9. The molecule has 1 aliphatic rings. The standard InChI is InChI=1S/C21H20Cl2N4O2/c22-15-8-9-17(18(23)11-15)20-25-19(29-26-20)13-27-10-4-5-14(12-27)21(28)24-16-6-2-1-3-7-16/h1-3,6-9,11,14H,4-5,10,12-13H2,(H,24,28). The van der Waals surface area contributed by atoms with Gasteiger partial charge in [0.2, 0.25) is 17.6 Å². The van der Waals surface area contributed by atoms with Gasteiger partial charge in [-0.15, -0.1) is 0 Å². The number of likely N-dealkylation sites (tertiary alicyclic amines) is 1. The van der Waals surface area contributed by atoms with Crippen LogP contribution in [0.25, 0.3) is 11.4 Å². The average Bonchev–Trinajstić information content (AvgIpc) is 3.17. The lowest BCUT2D eigenvalue weighted by molar-refractivity contribution is -0.121. The Balaban J connectivity index is 1.38. The number of piperidine rings is 1. The molecule has 0 radical (unpaired) electrons. The second-order valence-electron chi connectivity index (χ2n) is 7.07. The van der Waals surface area contributed by atoms with Crippen LogP contribution < -0.4 is 5.32 Å². The topological polar surface area (TPSA) is 71.3 Å². The summed E-state index contributed by atoms with van der Waals surface area (Å²) in [7, 11) is 0. The van der Waals surface area contributed by atoms with Gasteiger partial charge in [0.15, 0.2) is 0 Å². The van der Waals surface area contributed by atoms with Crippen molar-refractivity contribution in [2.75, 3.05) is 18.4 Å². The van der Waals surface area contributed by atoms with E-state index in [0.29, 0.717) is 40.4 Å². The smallest absolute Gasteiger partial charge is 0.241 e. The molecule has 150 valence electrons.